The van der Waals surface area contributed by atoms with Crippen molar-refractivity contribution in [3.63, 3.8) is 0 Å². The molecule has 18 heavy (non-hydrogen) atoms. The molecular formula is C16H27NO. The lowest BCUT2D eigenvalue weighted by atomic mass is 9.86. The first-order chi connectivity index (χ1) is 8.81. The van der Waals surface area contributed by atoms with Crippen LogP contribution in [0, 0.1) is 17.8 Å². The van der Waals surface area contributed by atoms with Gasteiger partial charge < -0.3 is 5.32 Å². The number of nitrogens with one attached hydrogen (secondary N) is 1. The second-order valence-corrected chi connectivity index (χ2v) is 6.90. The van der Waals surface area contributed by atoms with Crippen molar-refractivity contribution in [2.24, 2.45) is 17.8 Å². The molecule has 0 radical (unpaired) electrons. The van der Waals surface area contributed by atoms with Crippen LogP contribution >= 0.6 is 0 Å². The maximum absolute atomic E-state index is 12.1. The topological polar surface area (TPSA) is 29.1 Å². The Morgan fingerprint density at radius 2 is 1.72 bits per heavy atom. The van der Waals surface area contributed by atoms with Crippen LogP contribution in [0.1, 0.15) is 70.6 Å². The minimum atomic E-state index is 0.347. The van der Waals surface area contributed by atoms with E-state index in [-0.39, 0.29) is 0 Å². The van der Waals surface area contributed by atoms with Gasteiger partial charge in [-0.05, 0) is 49.9 Å². The molecule has 0 aromatic carbocycles. The summed E-state index contributed by atoms with van der Waals surface area (Å²) in [6.07, 6.45) is 14.2. The average molecular weight is 249 g/mol. The van der Waals surface area contributed by atoms with Crippen LogP contribution < -0.4 is 5.32 Å². The third kappa shape index (κ3) is 2.89. The minimum Gasteiger partial charge on any atom is -0.353 e. The molecule has 3 unspecified atom stereocenters. The van der Waals surface area contributed by atoms with Gasteiger partial charge in [-0.3, -0.25) is 4.79 Å². The predicted molar refractivity (Wildman–Crippen MR) is 73.2 cm³/mol. The Labute approximate surface area is 111 Å². The molecule has 0 spiro atoms. The van der Waals surface area contributed by atoms with Crippen molar-refractivity contribution < 1.29 is 4.79 Å². The van der Waals surface area contributed by atoms with Gasteiger partial charge in [0, 0.05) is 12.5 Å². The average Bonchev–Trinajstić information content (AvgIpc) is 2.86. The van der Waals surface area contributed by atoms with Gasteiger partial charge in [-0.15, -0.1) is 0 Å². The lowest BCUT2D eigenvalue weighted by Gasteiger charge is -2.23. The van der Waals surface area contributed by atoms with Crippen LogP contribution in [0.3, 0.4) is 0 Å². The summed E-state index contributed by atoms with van der Waals surface area (Å²) in [6, 6.07) is 0.485. The number of amides is 1. The third-order valence-corrected chi connectivity index (χ3v) is 5.55. The fourth-order valence-corrected chi connectivity index (χ4v) is 4.57. The molecule has 2 heteroatoms. The Morgan fingerprint density at radius 3 is 2.33 bits per heavy atom. The van der Waals surface area contributed by atoms with E-state index in [2.05, 4.69) is 5.32 Å². The zero-order chi connectivity index (χ0) is 12.4. The lowest BCUT2D eigenvalue weighted by Crippen LogP contribution is -2.36. The second kappa shape index (κ2) is 5.63. The molecule has 3 rings (SSSR count). The molecule has 3 fully saturated rings. The number of fused-ring (bicyclic) bond motifs is 2. The van der Waals surface area contributed by atoms with E-state index < -0.39 is 0 Å². The fourth-order valence-electron chi connectivity index (χ4n) is 4.57. The standard InChI is InChI=1S/C16H27NO/c18-16(17-15-5-3-1-2-4-6-15)11-14-10-12-7-8-13(14)9-12/h12-15H,1-11H2,(H,17,18). The quantitative estimate of drug-likeness (QED) is 0.760. The predicted octanol–water partition coefficient (Wildman–Crippen LogP) is 3.65. The molecule has 0 aliphatic heterocycles. The molecule has 2 bridgehead atoms. The van der Waals surface area contributed by atoms with E-state index in [1.165, 1.54) is 64.2 Å². The molecule has 0 aromatic heterocycles. The van der Waals surface area contributed by atoms with E-state index in [0.29, 0.717) is 11.9 Å². The van der Waals surface area contributed by atoms with Crippen LogP contribution in [-0.2, 0) is 4.79 Å². The lowest BCUT2D eigenvalue weighted by molar-refractivity contribution is -0.123. The van der Waals surface area contributed by atoms with Crippen molar-refractivity contribution in [3.8, 4) is 0 Å². The fraction of sp³-hybridized carbons (Fsp3) is 0.938. The Balaban J connectivity index is 1.44. The molecule has 3 aliphatic carbocycles. The van der Waals surface area contributed by atoms with Gasteiger partial charge in [0.2, 0.25) is 5.91 Å². The monoisotopic (exact) mass is 249 g/mol. The number of carbonyl (C=O) groups excluding carboxylic acids is 1. The first-order valence-electron chi connectivity index (χ1n) is 8.10. The third-order valence-electron chi connectivity index (χ3n) is 5.55. The first-order valence-corrected chi connectivity index (χ1v) is 8.10. The molecule has 102 valence electrons. The van der Waals surface area contributed by atoms with Gasteiger partial charge in [-0.2, -0.15) is 0 Å². The van der Waals surface area contributed by atoms with Crippen LogP contribution in [0.25, 0.3) is 0 Å². The molecule has 0 aromatic rings. The summed E-state index contributed by atoms with van der Waals surface area (Å²) in [6.45, 7) is 0. The van der Waals surface area contributed by atoms with Crippen LogP contribution in [0.2, 0.25) is 0 Å². The largest absolute Gasteiger partial charge is 0.353 e. The summed E-state index contributed by atoms with van der Waals surface area (Å²) in [5.41, 5.74) is 0. The van der Waals surface area contributed by atoms with Crippen LogP contribution in [0.4, 0.5) is 0 Å². The molecule has 0 saturated heterocycles. The van der Waals surface area contributed by atoms with Crippen molar-refractivity contribution in [3.05, 3.63) is 0 Å². The molecule has 1 amide bonds. The van der Waals surface area contributed by atoms with E-state index in [4.69, 9.17) is 0 Å². The van der Waals surface area contributed by atoms with Gasteiger partial charge in [0.25, 0.3) is 0 Å². The SMILES string of the molecule is O=C(CC1CC2CCC1C2)NC1CCCCCC1. The zero-order valence-corrected chi connectivity index (χ0v) is 11.5. The molecular weight excluding hydrogens is 222 g/mol. The van der Waals surface area contributed by atoms with Crippen molar-refractivity contribution in [2.45, 2.75) is 76.7 Å². The Kier molecular flexibility index (Phi) is 3.91. The summed E-state index contributed by atoms with van der Waals surface area (Å²) in [4.78, 5) is 12.1. The van der Waals surface area contributed by atoms with Gasteiger partial charge in [0.15, 0.2) is 0 Å². The number of rotatable bonds is 3. The molecule has 1 N–H and O–H groups in total. The van der Waals surface area contributed by atoms with Gasteiger partial charge in [-0.1, -0.05) is 32.1 Å². The number of hydrogen-bond acceptors (Lipinski definition) is 1. The first kappa shape index (κ1) is 12.5. The van der Waals surface area contributed by atoms with Gasteiger partial charge in [0.1, 0.15) is 0 Å². The highest BCUT2D eigenvalue weighted by Crippen LogP contribution is 2.49. The van der Waals surface area contributed by atoms with Crippen LogP contribution in [-0.4, -0.2) is 11.9 Å². The molecule has 0 heterocycles. The Bertz CT molecular complexity index is 293. The van der Waals surface area contributed by atoms with Crippen molar-refractivity contribution in [2.75, 3.05) is 0 Å². The molecule has 3 saturated carbocycles. The number of hydrogen-bond donors (Lipinski definition) is 1. The second-order valence-electron chi connectivity index (χ2n) is 6.90. The maximum atomic E-state index is 12.1. The van der Waals surface area contributed by atoms with E-state index in [9.17, 15) is 4.79 Å². The van der Waals surface area contributed by atoms with E-state index in [1.54, 1.807) is 0 Å². The van der Waals surface area contributed by atoms with Gasteiger partial charge >= 0.3 is 0 Å². The van der Waals surface area contributed by atoms with Crippen molar-refractivity contribution in [1.29, 1.82) is 0 Å². The van der Waals surface area contributed by atoms with Crippen molar-refractivity contribution in [1.82, 2.24) is 5.32 Å². The number of carbonyl (C=O) groups is 1. The van der Waals surface area contributed by atoms with E-state index >= 15 is 0 Å². The summed E-state index contributed by atoms with van der Waals surface area (Å²) in [5.74, 6) is 2.91. The van der Waals surface area contributed by atoms with Gasteiger partial charge in [-0.25, -0.2) is 0 Å². The highest BCUT2D eigenvalue weighted by Gasteiger charge is 2.40. The molecule has 3 aliphatic rings. The highest BCUT2D eigenvalue weighted by atomic mass is 16.1. The summed E-state index contributed by atoms with van der Waals surface area (Å²) < 4.78 is 0. The molecule has 3 atom stereocenters. The smallest absolute Gasteiger partial charge is 0.220 e. The van der Waals surface area contributed by atoms with E-state index in [1.807, 2.05) is 0 Å². The van der Waals surface area contributed by atoms with Crippen LogP contribution in [0.5, 0.6) is 0 Å². The van der Waals surface area contributed by atoms with Gasteiger partial charge in [0.05, 0.1) is 0 Å². The van der Waals surface area contributed by atoms with Crippen molar-refractivity contribution >= 4 is 5.91 Å². The van der Waals surface area contributed by atoms with Crippen LogP contribution in [0.15, 0.2) is 0 Å². The Hall–Kier alpha value is -0.530. The Morgan fingerprint density at radius 1 is 0.944 bits per heavy atom. The highest BCUT2D eigenvalue weighted by molar-refractivity contribution is 5.76. The normalized spacial score (nSPS) is 36.6. The van der Waals surface area contributed by atoms with E-state index in [0.717, 1.165) is 24.2 Å². The zero-order valence-electron chi connectivity index (χ0n) is 11.5. The maximum Gasteiger partial charge on any atom is 0.220 e. The molecule has 2 nitrogen and oxygen atoms in total. The summed E-state index contributed by atoms with van der Waals surface area (Å²) >= 11 is 0. The minimum absolute atomic E-state index is 0.347. The summed E-state index contributed by atoms with van der Waals surface area (Å²) in [5, 5.41) is 3.31. The summed E-state index contributed by atoms with van der Waals surface area (Å²) in [7, 11) is 0.